The number of carboxylic acid groups (broad SMARTS) is 1. The second-order valence-corrected chi connectivity index (χ2v) is 6.57. The molecule has 9 heteroatoms. The zero-order valence-corrected chi connectivity index (χ0v) is 11.7. The highest BCUT2D eigenvalue weighted by molar-refractivity contribution is 7.87. The zero-order chi connectivity index (χ0) is 13.8. The molecule has 0 aliphatic rings. The van der Waals surface area contributed by atoms with Crippen LogP contribution in [0.15, 0.2) is 5.38 Å². The molecular weight excluding hydrogens is 278 g/mol. The maximum Gasteiger partial charge on any atom is 0.304 e. The molecule has 0 amide bonds. The highest BCUT2D eigenvalue weighted by Gasteiger charge is 2.18. The largest absolute Gasteiger partial charge is 0.481 e. The van der Waals surface area contributed by atoms with Crippen LogP contribution < -0.4 is 4.72 Å². The number of rotatable bonds is 7. The van der Waals surface area contributed by atoms with Gasteiger partial charge in [-0.25, -0.2) is 4.98 Å². The summed E-state index contributed by atoms with van der Waals surface area (Å²) in [7, 11) is -2.33. The van der Waals surface area contributed by atoms with Crippen molar-refractivity contribution in [2.45, 2.75) is 19.9 Å². The molecule has 0 saturated carbocycles. The Balaban J connectivity index is 2.51. The van der Waals surface area contributed by atoms with Crippen LogP contribution in [-0.4, -0.2) is 42.4 Å². The van der Waals surface area contributed by atoms with E-state index in [1.807, 2.05) is 6.92 Å². The van der Waals surface area contributed by atoms with Gasteiger partial charge < -0.3 is 5.11 Å². The molecule has 2 N–H and O–H groups in total. The third-order valence-corrected chi connectivity index (χ3v) is 4.49. The van der Waals surface area contributed by atoms with Gasteiger partial charge in [0, 0.05) is 19.0 Å². The van der Waals surface area contributed by atoms with Crippen LogP contribution in [-0.2, 0) is 21.5 Å². The lowest BCUT2D eigenvalue weighted by Gasteiger charge is -2.16. The van der Waals surface area contributed by atoms with E-state index in [0.717, 1.165) is 9.31 Å². The number of nitrogens with zero attached hydrogens (tertiary/aromatic N) is 2. The second-order valence-electron chi connectivity index (χ2n) is 3.65. The molecule has 1 aromatic heterocycles. The van der Waals surface area contributed by atoms with E-state index in [-0.39, 0.29) is 19.5 Å². The van der Waals surface area contributed by atoms with Crippen molar-refractivity contribution in [2.24, 2.45) is 0 Å². The number of thiazole rings is 1. The summed E-state index contributed by atoms with van der Waals surface area (Å²) in [6, 6.07) is 0. The molecule has 0 aromatic carbocycles. The summed E-state index contributed by atoms with van der Waals surface area (Å²) in [5.74, 6) is -1.04. The monoisotopic (exact) mass is 293 g/mol. The molecule has 0 saturated heterocycles. The van der Waals surface area contributed by atoms with Crippen molar-refractivity contribution in [1.29, 1.82) is 0 Å². The van der Waals surface area contributed by atoms with Crippen LogP contribution in [0.1, 0.15) is 17.1 Å². The van der Waals surface area contributed by atoms with E-state index in [1.165, 1.54) is 18.4 Å². The van der Waals surface area contributed by atoms with Crippen LogP contribution in [0.5, 0.6) is 0 Å². The Morgan fingerprint density at radius 1 is 1.61 bits per heavy atom. The van der Waals surface area contributed by atoms with Gasteiger partial charge in [0.1, 0.15) is 0 Å². The first kappa shape index (κ1) is 15.0. The fourth-order valence-corrected chi connectivity index (χ4v) is 2.63. The molecule has 0 spiro atoms. The maximum absolute atomic E-state index is 11.7. The van der Waals surface area contributed by atoms with Gasteiger partial charge >= 0.3 is 5.97 Å². The molecule has 1 rings (SSSR count). The Labute approximate surface area is 110 Å². The fourth-order valence-electron chi connectivity index (χ4n) is 1.14. The van der Waals surface area contributed by atoms with Crippen molar-refractivity contribution in [2.75, 3.05) is 13.6 Å². The van der Waals surface area contributed by atoms with Crippen LogP contribution in [0.2, 0.25) is 0 Å². The summed E-state index contributed by atoms with van der Waals surface area (Å²) in [4.78, 5) is 14.5. The third kappa shape index (κ3) is 4.69. The number of aromatic nitrogens is 1. The lowest BCUT2D eigenvalue weighted by molar-refractivity contribution is -0.137. The molecule has 7 nitrogen and oxygen atoms in total. The van der Waals surface area contributed by atoms with E-state index < -0.39 is 16.2 Å². The molecule has 0 fully saturated rings. The van der Waals surface area contributed by atoms with Crippen molar-refractivity contribution < 1.29 is 18.3 Å². The van der Waals surface area contributed by atoms with Gasteiger partial charge in [-0.1, -0.05) is 0 Å². The molecule has 0 atom stereocenters. The predicted octanol–water partition coefficient (Wildman–Crippen LogP) is 0.192. The molecular formula is C9H15N3O4S2. The molecule has 18 heavy (non-hydrogen) atoms. The standard InChI is InChI=1S/C9H15N3O4S2/c1-7-11-8(6-17-7)5-10-18(15,16)12(2)4-3-9(13)14/h6,10H,3-5H2,1-2H3,(H,13,14). The lowest BCUT2D eigenvalue weighted by Crippen LogP contribution is -2.38. The number of hydrogen-bond donors (Lipinski definition) is 2. The quantitative estimate of drug-likeness (QED) is 0.747. The minimum Gasteiger partial charge on any atom is -0.481 e. The van der Waals surface area contributed by atoms with E-state index in [0.29, 0.717) is 5.69 Å². The number of nitrogens with one attached hydrogen (secondary N) is 1. The number of aryl methyl sites for hydroxylation is 1. The van der Waals surface area contributed by atoms with Crippen LogP contribution in [0.3, 0.4) is 0 Å². The number of hydrogen-bond acceptors (Lipinski definition) is 5. The van der Waals surface area contributed by atoms with Gasteiger partial charge in [-0.2, -0.15) is 17.4 Å². The summed E-state index contributed by atoms with van der Waals surface area (Å²) in [5.41, 5.74) is 0.646. The highest BCUT2D eigenvalue weighted by atomic mass is 32.2. The lowest BCUT2D eigenvalue weighted by atomic mass is 10.4. The summed E-state index contributed by atoms with van der Waals surface area (Å²) < 4.78 is 26.8. The van der Waals surface area contributed by atoms with Gasteiger partial charge in [0.15, 0.2) is 0 Å². The number of carboxylic acids is 1. The average Bonchev–Trinajstić information content (AvgIpc) is 2.69. The minimum absolute atomic E-state index is 0.0687. The van der Waals surface area contributed by atoms with Gasteiger partial charge in [-0.05, 0) is 6.92 Å². The molecule has 0 radical (unpaired) electrons. The fraction of sp³-hybridized carbons (Fsp3) is 0.556. The van der Waals surface area contributed by atoms with Gasteiger partial charge in [0.05, 0.1) is 23.7 Å². The molecule has 0 aliphatic heterocycles. The number of carbonyl (C=O) groups is 1. The van der Waals surface area contributed by atoms with E-state index in [9.17, 15) is 13.2 Å². The predicted molar refractivity (Wildman–Crippen MR) is 67.5 cm³/mol. The molecule has 0 unspecified atom stereocenters. The van der Waals surface area contributed by atoms with Crippen LogP contribution in [0, 0.1) is 6.92 Å². The Bertz CT molecular complexity index is 512. The summed E-state index contributed by atoms with van der Waals surface area (Å²) in [6.07, 6.45) is -0.229. The summed E-state index contributed by atoms with van der Waals surface area (Å²) >= 11 is 1.44. The SMILES string of the molecule is Cc1nc(CNS(=O)(=O)N(C)CCC(=O)O)cs1. The number of aliphatic carboxylic acids is 1. The minimum atomic E-state index is -3.66. The summed E-state index contributed by atoms with van der Waals surface area (Å²) in [5, 5.41) is 11.1. The second kappa shape index (κ2) is 6.23. The zero-order valence-electron chi connectivity index (χ0n) is 10.1. The molecule has 0 bridgehead atoms. The van der Waals surface area contributed by atoms with Crippen molar-refractivity contribution >= 4 is 27.5 Å². The Hall–Kier alpha value is -1.03. The molecule has 102 valence electrons. The normalized spacial score (nSPS) is 11.9. The van der Waals surface area contributed by atoms with Gasteiger partial charge in [0.2, 0.25) is 0 Å². The maximum atomic E-state index is 11.7. The average molecular weight is 293 g/mol. The molecule has 0 aliphatic carbocycles. The van der Waals surface area contributed by atoms with E-state index in [1.54, 1.807) is 5.38 Å². The van der Waals surface area contributed by atoms with Crippen molar-refractivity contribution in [3.8, 4) is 0 Å². The summed E-state index contributed by atoms with van der Waals surface area (Å²) in [6.45, 7) is 1.87. The van der Waals surface area contributed by atoms with E-state index >= 15 is 0 Å². The van der Waals surface area contributed by atoms with E-state index in [4.69, 9.17) is 5.11 Å². The smallest absolute Gasteiger partial charge is 0.304 e. The van der Waals surface area contributed by atoms with Crippen molar-refractivity contribution in [1.82, 2.24) is 14.0 Å². The topological polar surface area (TPSA) is 99.6 Å². The van der Waals surface area contributed by atoms with Gasteiger partial charge in [-0.15, -0.1) is 11.3 Å². The Morgan fingerprint density at radius 3 is 2.78 bits per heavy atom. The van der Waals surface area contributed by atoms with Crippen LogP contribution >= 0.6 is 11.3 Å². The van der Waals surface area contributed by atoms with Crippen molar-refractivity contribution in [3.63, 3.8) is 0 Å². The van der Waals surface area contributed by atoms with Gasteiger partial charge in [-0.3, -0.25) is 4.79 Å². The molecule has 1 heterocycles. The Kier molecular flexibility index (Phi) is 5.20. The first-order valence-electron chi connectivity index (χ1n) is 5.15. The Morgan fingerprint density at radius 2 is 2.28 bits per heavy atom. The first-order chi connectivity index (χ1) is 8.31. The third-order valence-electron chi connectivity index (χ3n) is 2.15. The first-order valence-corrected chi connectivity index (χ1v) is 7.47. The highest BCUT2D eigenvalue weighted by Crippen LogP contribution is 2.08. The van der Waals surface area contributed by atoms with Crippen molar-refractivity contribution in [3.05, 3.63) is 16.1 Å². The molecule has 1 aromatic rings. The van der Waals surface area contributed by atoms with Crippen LogP contribution in [0.4, 0.5) is 0 Å². The van der Waals surface area contributed by atoms with Crippen LogP contribution in [0.25, 0.3) is 0 Å². The van der Waals surface area contributed by atoms with E-state index in [2.05, 4.69) is 9.71 Å². The van der Waals surface area contributed by atoms with Gasteiger partial charge in [0.25, 0.3) is 10.2 Å².